The van der Waals surface area contributed by atoms with E-state index in [-0.39, 0.29) is 0 Å². The Morgan fingerprint density at radius 2 is 1.76 bits per heavy atom. The van der Waals surface area contributed by atoms with Crippen molar-refractivity contribution in [2.45, 2.75) is 13.5 Å². The van der Waals surface area contributed by atoms with Gasteiger partial charge in [-0.2, -0.15) is 0 Å². The molecule has 0 unspecified atom stereocenters. The fourth-order valence-corrected chi connectivity index (χ4v) is 3.71. The summed E-state index contributed by atoms with van der Waals surface area (Å²) >= 11 is 0. The van der Waals surface area contributed by atoms with Crippen LogP contribution in [0.1, 0.15) is 12.5 Å². The molecule has 1 fully saturated rings. The molecule has 0 aliphatic carbocycles. The zero-order chi connectivity index (χ0) is 22.9. The highest BCUT2D eigenvalue weighted by molar-refractivity contribution is 5.80. The summed E-state index contributed by atoms with van der Waals surface area (Å²) < 4.78 is 11.4. The van der Waals surface area contributed by atoms with E-state index >= 15 is 0 Å². The molecule has 0 atom stereocenters. The number of nitrogens with zero attached hydrogens (tertiary/aromatic N) is 5. The molecule has 1 aromatic carbocycles. The SMILES string of the molecule is CCOc1ccc(Oc2cc(CNC(=NC)N3CCN(c4ccccn4)CC3)ccn2)cc1. The number of piperazine rings is 1. The third kappa shape index (κ3) is 6.12. The van der Waals surface area contributed by atoms with Gasteiger partial charge in [-0.15, -0.1) is 0 Å². The lowest BCUT2D eigenvalue weighted by atomic mass is 10.2. The van der Waals surface area contributed by atoms with Crippen LogP contribution >= 0.6 is 0 Å². The van der Waals surface area contributed by atoms with Gasteiger partial charge in [0.25, 0.3) is 0 Å². The van der Waals surface area contributed by atoms with Crippen molar-refractivity contribution in [2.75, 3.05) is 44.7 Å². The van der Waals surface area contributed by atoms with Crippen molar-refractivity contribution in [2.24, 2.45) is 4.99 Å². The summed E-state index contributed by atoms with van der Waals surface area (Å²) in [6, 6.07) is 17.5. The average Bonchev–Trinajstić information content (AvgIpc) is 2.87. The van der Waals surface area contributed by atoms with Crippen LogP contribution in [0.4, 0.5) is 5.82 Å². The number of ether oxygens (including phenoxy) is 2. The van der Waals surface area contributed by atoms with Crippen LogP contribution in [-0.4, -0.2) is 60.7 Å². The number of anilines is 1. The number of benzene rings is 1. The second-order valence-corrected chi connectivity index (χ2v) is 7.57. The van der Waals surface area contributed by atoms with Crippen molar-refractivity contribution >= 4 is 11.8 Å². The molecule has 8 heteroatoms. The van der Waals surface area contributed by atoms with E-state index in [9.17, 15) is 0 Å². The topological polar surface area (TPSA) is 75.1 Å². The van der Waals surface area contributed by atoms with Gasteiger partial charge in [0.15, 0.2) is 5.96 Å². The maximum absolute atomic E-state index is 5.91. The smallest absolute Gasteiger partial charge is 0.219 e. The first-order valence-corrected chi connectivity index (χ1v) is 11.2. The Balaban J connectivity index is 1.30. The molecule has 0 saturated carbocycles. The standard InChI is InChI=1S/C25H30N6O2/c1-3-32-21-7-9-22(10-8-21)33-24-18-20(11-13-28-24)19-29-25(26-2)31-16-14-30(15-17-31)23-6-4-5-12-27-23/h4-13,18H,3,14-17,19H2,1-2H3,(H,26,29). The van der Waals surface area contributed by atoms with Crippen LogP contribution in [0.3, 0.4) is 0 Å². The molecule has 33 heavy (non-hydrogen) atoms. The molecule has 0 radical (unpaired) electrons. The minimum absolute atomic E-state index is 0.553. The number of hydrogen-bond donors (Lipinski definition) is 1. The van der Waals surface area contributed by atoms with E-state index in [1.54, 1.807) is 6.20 Å². The Morgan fingerprint density at radius 1 is 0.970 bits per heavy atom. The van der Waals surface area contributed by atoms with E-state index in [0.29, 0.717) is 19.0 Å². The minimum Gasteiger partial charge on any atom is -0.494 e. The van der Waals surface area contributed by atoms with Gasteiger partial charge in [-0.1, -0.05) is 6.07 Å². The van der Waals surface area contributed by atoms with E-state index < -0.39 is 0 Å². The number of guanidine groups is 1. The Labute approximate surface area is 194 Å². The fraction of sp³-hybridized carbons (Fsp3) is 0.320. The molecule has 4 rings (SSSR count). The van der Waals surface area contributed by atoms with Crippen LogP contribution in [0.2, 0.25) is 0 Å². The van der Waals surface area contributed by atoms with Crippen LogP contribution in [0, 0.1) is 0 Å². The minimum atomic E-state index is 0.553. The number of aromatic nitrogens is 2. The summed E-state index contributed by atoms with van der Waals surface area (Å²) in [4.78, 5) is 17.8. The first kappa shape index (κ1) is 22.4. The highest BCUT2D eigenvalue weighted by atomic mass is 16.5. The number of nitrogens with one attached hydrogen (secondary N) is 1. The van der Waals surface area contributed by atoms with Gasteiger partial charge in [0.1, 0.15) is 17.3 Å². The van der Waals surface area contributed by atoms with Crippen LogP contribution in [-0.2, 0) is 6.54 Å². The average molecular weight is 447 g/mol. The molecule has 1 saturated heterocycles. The molecular formula is C25H30N6O2. The lowest BCUT2D eigenvalue weighted by Gasteiger charge is -2.37. The summed E-state index contributed by atoms with van der Waals surface area (Å²) in [7, 11) is 1.82. The monoisotopic (exact) mass is 446 g/mol. The van der Waals surface area contributed by atoms with Crippen molar-refractivity contribution in [3.8, 4) is 17.4 Å². The van der Waals surface area contributed by atoms with Crippen molar-refractivity contribution in [1.82, 2.24) is 20.2 Å². The highest BCUT2D eigenvalue weighted by Gasteiger charge is 2.20. The number of pyridine rings is 2. The molecule has 3 heterocycles. The zero-order valence-electron chi connectivity index (χ0n) is 19.1. The van der Waals surface area contributed by atoms with E-state index in [1.165, 1.54) is 0 Å². The summed E-state index contributed by atoms with van der Waals surface area (Å²) in [5, 5.41) is 3.46. The Hall–Kier alpha value is -3.81. The molecule has 1 N–H and O–H groups in total. The fourth-order valence-electron chi connectivity index (χ4n) is 3.71. The van der Waals surface area contributed by atoms with Crippen molar-refractivity contribution in [3.05, 3.63) is 72.6 Å². The Kier molecular flexibility index (Phi) is 7.58. The molecule has 172 valence electrons. The predicted molar refractivity (Wildman–Crippen MR) is 130 cm³/mol. The largest absolute Gasteiger partial charge is 0.494 e. The van der Waals surface area contributed by atoms with Gasteiger partial charge in [-0.05, 0) is 55.0 Å². The number of aliphatic imine (C=N–C) groups is 1. The van der Waals surface area contributed by atoms with Crippen molar-refractivity contribution < 1.29 is 9.47 Å². The summed E-state index contributed by atoms with van der Waals surface area (Å²) in [5.41, 5.74) is 1.07. The zero-order valence-corrected chi connectivity index (χ0v) is 19.1. The lowest BCUT2D eigenvalue weighted by molar-refractivity contribution is 0.339. The van der Waals surface area contributed by atoms with Gasteiger partial charge < -0.3 is 24.6 Å². The van der Waals surface area contributed by atoms with Crippen LogP contribution in [0.5, 0.6) is 17.4 Å². The van der Waals surface area contributed by atoms with Crippen LogP contribution in [0.15, 0.2) is 72.0 Å². The first-order chi connectivity index (χ1) is 16.2. The molecule has 0 bridgehead atoms. The van der Waals surface area contributed by atoms with Gasteiger partial charge in [0.2, 0.25) is 5.88 Å². The molecule has 8 nitrogen and oxygen atoms in total. The summed E-state index contributed by atoms with van der Waals surface area (Å²) in [6.07, 6.45) is 3.60. The van der Waals surface area contributed by atoms with E-state index in [2.05, 4.69) is 36.1 Å². The van der Waals surface area contributed by atoms with E-state index in [0.717, 1.165) is 55.0 Å². The van der Waals surface area contributed by atoms with Gasteiger partial charge in [0, 0.05) is 58.2 Å². The summed E-state index contributed by atoms with van der Waals surface area (Å²) in [5.74, 6) is 4.01. The molecular weight excluding hydrogens is 416 g/mol. The van der Waals surface area contributed by atoms with Crippen LogP contribution in [0.25, 0.3) is 0 Å². The van der Waals surface area contributed by atoms with Crippen LogP contribution < -0.4 is 19.7 Å². The third-order valence-electron chi connectivity index (χ3n) is 5.37. The van der Waals surface area contributed by atoms with Gasteiger partial charge in [-0.3, -0.25) is 4.99 Å². The molecule has 1 aliphatic heterocycles. The third-order valence-corrected chi connectivity index (χ3v) is 5.37. The van der Waals surface area contributed by atoms with Gasteiger partial charge in [-0.25, -0.2) is 9.97 Å². The molecule has 0 amide bonds. The maximum Gasteiger partial charge on any atom is 0.219 e. The second kappa shape index (κ2) is 11.2. The quantitative estimate of drug-likeness (QED) is 0.439. The molecule has 3 aromatic rings. The number of hydrogen-bond acceptors (Lipinski definition) is 6. The summed E-state index contributed by atoms with van der Waals surface area (Å²) in [6.45, 7) is 6.83. The Morgan fingerprint density at radius 3 is 2.45 bits per heavy atom. The highest BCUT2D eigenvalue weighted by Crippen LogP contribution is 2.23. The van der Waals surface area contributed by atoms with E-state index in [1.807, 2.05) is 68.7 Å². The lowest BCUT2D eigenvalue weighted by Crippen LogP contribution is -2.52. The maximum atomic E-state index is 5.91. The second-order valence-electron chi connectivity index (χ2n) is 7.57. The normalized spacial score (nSPS) is 14.2. The van der Waals surface area contributed by atoms with Gasteiger partial charge in [0.05, 0.1) is 6.61 Å². The van der Waals surface area contributed by atoms with Gasteiger partial charge >= 0.3 is 0 Å². The van der Waals surface area contributed by atoms with Crippen molar-refractivity contribution in [3.63, 3.8) is 0 Å². The molecule has 1 aliphatic rings. The molecule has 2 aromatic heterocycles. The molecule has 0 spiro atoms. The first-order valence-electron chi connectivity index (χ1n) is 11.2. The van der Waals surface area contributed by atoms with E-state index in [4.69, 9.17) is 9.47 Å². The predicted octanol–water partition coefficient (Wildman–Crippen LogP) is 3.57. The van der Waals surface area contributed by atoms with Crippen molar-refractivity contribution in [1.29, 1.82) is 0 Å². The Bertz CT molecular complexity index is 1030. The number of rotatable bonds is 7.